The molecule has 1 heterocycles. The Morgan fingerprint density at radius 3 is 2.94 bits per heavy atom. The summed E-state index contributed by atoms with van der Waals surface area (Å²) in [7, 11) is 1.34. The first-order chi connectivity index (χ1) is 8.70. The highest BCUT2D eigenvalue weighted by molar-refractivity contribution is 7.18. The van der Waals surface area contributed by atoms with Crippen molar-refractivity contribution in [2.24, 2.45) is 5.92 Å². The molecule has 1 aliphatic carbocycles. The van der Waals surface area contributed by atoms with E-state index in [1.165, 1.54) is 44.1 Å². The van der Waals surface area contributed by atoms with Crippen LogP contribution in [0.25, 0.3) is 0 Å². The standard InChI is InChI=1S/C12H17ClN2O2S/c1-17-11(16)9-10(13)15-12(18-9)14-7-6-8-4-2-3-5-8/h8H,2-7H2,1H3,(H,14,15). The maximum Gasteiger partial charge on any atom is 0.351 e. The average molecular weight is 289 g/mol. The Morgan fingerprint density at radius 1 is 1.56 bits per heavy atom. The molecule has 18 heavy (non-hydrogen) atoms. The monoisotopic (exact) mass is 288 g/mol. The van der Waals surface area contributed by atoms with Gasteiger partial charge in [-0.3, -0.25) is 0 Å². The fourth-order valence-corrected chi connectivity index (χ4v) is 3.41. The molecule has 0 aromatic carbocycles. The lowest BCUT2D eigenvalue weighted by molar-refractivity contribution is 0.0606. The van der Waals surface area contributed by atoms with Crippen LogP contribution in [0.15, 0.2) is 0 Å². The summed E-state index contributed by atoms with van der Waals surface area (Å²) in [6.45, 7) is 0.884. The Labute approximate surface area is 116 Å². The molecule has 4 nitrogen and oxygen atoms in total. The largest absolute Gasteiger partial charge is 0.465 e. The van der Waals surface area contributed by atoms with Gasteiger partial charge in [0.25, 0.3) is 0 Å². The van der Waals surface area contributed by atoms with Gasteiger partial charge in [0.05, 0.1) is 7.11 Å². The Balaban J connectivity index is 1.83. The number of esters is 1. The number of ether oxygens (including phenoxy) is 1. The number of rotatable bonds is 5. The van der Waals surface area contributed by atoms with E-state index in [0.29, 0.717) is 10.0 Å². The van der Waals surface area contributed by atoms with E-state index in [4.69, 9.17) is 11.6 Å². The average Bonchev–Trinajstić information content (AvgIpc) is 2.98. The fraction of sp³-hybridized carbons (Fsp3) is 0.667. The second-order valence-electron chi connectivity index (χ2n) is 4.50. The van der Waals surface area contributed by atoms with Gasteiger partial charge in [-0.15, -0.1) is 0 Å². The minimum Gasteiger partial charge on any atom is -0.465 e. The molecule has 0 unspecified atom stereocenters. The van der Waals surface area contributed by atoms with E-state index in [1.54, 1.807) is 0 Å². The van der Waals surface area contributed by atoms with Gasteiger partial charge in [0, 0.05) is 6.54 Å². The van der Waals surface area contributed by atoms with Gasteiger partial charge in [-0.1, -0.05) is 48.6 Å². The van der Waals surface area contributed by atoms with Gasteiger partial charge in [-0.05, 0) is 12.3 Å². The molecular weight excluding hydrogens is 272 g/mol. The highest BCUT2D eigenvalue weighted by Crippen LogP contribution is 2.29. The third-order valence-corrected chi connectivity index (χ3v) is 4.64. The van der Waals surface area contributed by atoms with Gasteiger partial charge in [0.15, 0.2) is 15.2 Å². The SMILES string of the molecule is COC(=O)c1sc(NCCC2CCCC2)nc1Cl. The second-order valence-corrected chi connectivity index (χ2v) is 5.85. The topological polar surface area (TPSA) is 51.2 Å². The zero-order valence-electron chi connectivity index (χ0n) is 10.4. The molecule has 0 bridgehead atoms. The summed E-state index contributed by atoms with van der Waals surface area (Å²) in [6, 6.07) is 0. The van der Waals surface area contributed by atoms with Crippen LogP contribution in [0.1, 0.15) is 41.8 Å². The molecule has 1 aliphatic rings. The van der Waals surface area contributed by atoms with Crippen LogP contribution in [-0.4, -0.2) is 24.6 Å². The van der Waals surface area contributed by atoms with Crippen molar-refractivity contribution in [1.29, 1.82) is 0 Å². The van der Waals surface area contributed by atoms with Crippen LogP contribution in [0.4, 0.5) is 5.13 Å². The Morgan fingerprint density at radius 2 is 2.28 bits per heavy atom. The van der Waals surface area contributed by atoms with Crippen molar-refractivity contribution in [1.82, 2.24) is 4.98 Å². The number of hydrogen-bond acceptors (Lipinski definition) is 5. The summed E-state index contributed by atoms with van der Waals surface area (Å²) in [5.41, 5.74) is 0. The molecule has 0 radical (unpaired) electrons. The zero-order valence-corrected chi connectivity index (χ0v) is 11.9. The van der Waals surface area contributed by atoms with Crippen molar-refractivity contribution in [3.8, 4) is 0 Å². The van der Waals surface area contributed by atoms with Gasteiger partial charge in [0.2, 0.25) is 0 Å². The van der Waals surface area contributed by atoms with Crippen molar-refractivity contribution in [2.75, 3.05) is 19.0 Å². The van der Waals surface area contributed by atoms with E-state index in [-0.39, 0.29) is 5.15 Å². The molecule has 6 heteroatoms. The van der Waals surface area contributed by atoms with E-state index < -0.39 is 5.97 Å². The quantitative estimate of drug-likeness (QED) is 0.842. The zero-order chi connectivity index (χ0) is 13.0. The van der Waals surface area contributed by atoms with E-state index in [2.05, 4.69) is 15.0 Å². The van der Waals surface area contributed by atoms with Crippen molar-refractivity contribution in [3.63, 3.8) is 0 Å². The first-order valence-corrected chi connectivity index (χ1v) is 7.38. The van der Waals surface area contributed by atoms with Crippen LogP contribution < -0.4 is 5.32 Å². The van der Waals surface area contributed by atoms with Gasteiger partial charge in [-0.2, -0.15) is 0 Å². The highest BCUT2D eigenvalue weighted by Gasteiger charge is 2.18. The van der Waals surface area contributed by atoms with Crippen LogP contribution >= 0.6 is 22.9 Å². The lowest BCUT2D eigenvalue weighted by Crippen LogP contribution is -2.06. The number of methoxy groups -OCH3 is 1. The summed E-state index contributed by atoms with van der Waals surface area (Å²) in [4.78, 5) is 15.8. The summed E-state index contributed by atoms with van der Waals surface area (Å²) < 4.78 is 4.64. The number of hydrogen-bond donors (Lipinski definition) is 1. The molecule has 1 aromatic heterocycles. The first kappa shape index (κ1) is 13.6. The van der Waals surface area contributed by atoms with E-state index >= 15 is 0 Å². The predicted molar refractivity (Wildman–Crippen MR) is 73.5 cm³/mol. The third-order valence-electron chi connectivity index (χ3n) is 3.26. The Bertz CT molecular complexity index is 416. The van der Waals surface area contributed by atoms with Crippen molar-refractivity contribution in [3.05, 3.63) is 10.0 Å². The second kappa shape index (κ2) is 6.38. The van der Waals surface area contributed by atoms with Crippen molar-refractivity contribution < 1.29 is 9.53 Å². The summed E-state index contributed by atoms with van der Waals surface area (Å²) in [6.07, 6.45) is 6.56. The van der Waals surface area contributed by atoms with Crippen LogP contribution in [-0.2, 0) is 4.74 Å². The van der Waals surface area contributed by atoms with Crippen LogP contribution in [0.2, 0.25) is 5.15 Å². The lowest BCUT2D eigenvalue weighted by atomic mass is 10.0. The predicted octanol–water partition coefficient (Wildman–Crippen LogP) is 3.58. The van der Waals surface area contributed by atoms with Crippen LogP contribution in [0.3, 0.4) is 0 Å². The van der Waals surface area contributed by atoms with E-state index in [9.17, 15) is 4.79 Å². The summed E-state index contributed by atoms with van der Waals surface area (Å²) >= 11 is 7.13. The van der Waals surface area contributed by atoms with Gasteiger partial charge < -0.3 is 10.1 Å². The Hall–Kier alpha value is -0.810. The number of carbonyl (C=O) groups is 1. The van der Waals surface area contributed by atoms with E-state index in [1.807, 2.05) is 0 Å². The van der Waals surface area contributed by atoms with Crippen molar-refractivity contribution >= 4 is 34.0 Å². The van der Waals surface area contributed by atoms with Crippen LogP contribution in [0, 0.1) is 5.92 Å². The maximum absolute atomic E-state index is 11.4. The molecule has 1 aromatic rings. The molecule has 0 saturated heterocycles. The molecule has 1 N–H and O–H groups in total. The van der Waals surface area contributed by atoms with Crippen LogP contribution in [0.5, 0.6) is 0 Å². The van der Waals surface area contributed by atoms with Gasteiger partial charge >= 0.3 is 5.97 Å². The molecule has 100 valence electrons. The summed E-state index contributed by atoms with van der Waals surface area (Å²) in [5.74, 6) is 0.411. The minimum absolute atomic E-state index is 0.218. The number of halogens is 1. The number of anilines is 1. The lowest BCUT2D eigenvalue weighted by Gasteiger charge is -2.08. The number of nitrogens with zero attached hydrogens (tertiary/aromatic N) is 1. The number of thiazole rings is 1. The molecular formula is C12H17ClN2O2S. The normalized spacial score (nSPS) is 15.9. The first-order valence-electron chi connectivity index (χ1n) is 6.19. The number of carbonyl (C=O) groups excluding carboxylic acids is 1. The summed E-state index contributed by atoms with van der Waals surface area (Å²) in [5, 5.41) is 4.14. The molecule has 1 fully saturated rings. The molecule has 0 spiro atoms. The van der Waals surface area contributed by atoms with Gasteiger partial charge in [0.1, 0.15) is 0 Å². The molecule has 0 aliphatic heterocycles. The number of nitrogens with one attached hydrogen (secondary N) is 1. The number of aromatic nitrogens is 1. The molecule has 0 amide bonds. The van der Waals surface area contributed by atoms with Crippen molar-refractivity contribution in [2.45, 2.75) is 32.1 Å². The maximum atomic E-state index is 11.4. The molecule has 2 rings (SSSR count). The fourth-order valence-electron chi connectivity index (χ4n) is 2.28. The highest BCUT2D eigenvalue weighted by atomic mass is 35.5. The molecule has 0 atom stereocenters. The minimum atomic E-state index is -0.429. The Kier molecular flexibility index (Phi) is 4.83. The van der Waals surface area contributed by atoms with E-state index in [0.717, 1.165) is 18.9 Å². The van der Waals surface area contributed by atoms with Gasteiger partial charge in [-0.25, -0.2) is 9.78 Å². The molecule has 1 saturated carbocycles. The third kappa shape index (κ3) is 3.36. The smallest absolute Gasteiger partial charge is 0.351 e.